The van der Waals surface area contributed by atoms with Crippen LogP contribution < -0.4 is 5.32 Å². The highest BCUT2D eigenvalue weighted by atomic mass is 32.2. The van der Waals surface area contributed by atoms with Gasteiger partial charge in [0.15, 0.2) is 0 Å². The summed E-state index contributed by atoms with van der Waals surface area (Å²) >= 11 is 0. The minimum atomic E-state index is -3.78. The van der Waals surface area contributed by atoms with Crippen LogP contribution in [0.25, 0.3) is 22.0 Å². The number of carboxylic acids is 1. The number of hydrogen-bond donors (Lipinski definition) is 2. The van der Waals surface area contributed by atoms with Gasteiger partial charge in [0, 0.05) is 60.8 Å². The molecule has 38 heavy (non-hydrogen) atoms. The van der Waals surface area contributed by atoms with Crippen LogP contribution in [0.1, 0.15) is 36.8 Å². The Kier molecular flexibility index (Phi) is 8.27. The van der Waals surface area contributed by atoms with Crippen LogP contribution in [0.2, 0.25) is 0 Å². The monoisotopic (exact) mass is 546 g/mol. The molecule has 10 nitrogen and oxygen atoms in total. The molecule has 2 aromatic heterocycles. The van der Waals surface area contributed by atoms with Crippen LogP contribution in [0.15, 0.2) is 53.5 Å². The van der Waals surface area contributed by atoms with Gasteiger partial charge in [0.05, 0.1) is 12.1 Å². The maximum atomic E-state index is 15.0. The first-order valence-corrected chi connectivity index (χ1v) is 13.1. The van der Waals surface area contributed by atoms with Gasteiger partial charge in [-0.05, 0) is 58.0 Å². The second-order valence-corrected chi connectivity index (χ2v) is 12.0. The molecule has 0 spiro atoms. The molecule has 0 aliphatic heterocycles. The number of rotatable bonds is 8. The first-order chi connectivity index (χ1) is 17.6. The molecule has 3 rings (SSSR count). The van der Waals surface area contributed by atoms with Crippen LogP contribution in [-0.4, -0.2) is 65.7 Å². The Bertz CT molecular complexity index is 1520. The second kappa shape index (κ2) is 10.9. The lowest BCUT2D eigenvalue weighted by Gasteiger charge is -2.19. The van der Waals surface area contributed by atoms with Crippen molar-refractivity contribution in [2.24, 2.45) is 0 Å². The summed E-state index contributed by atoms with van der Waals surface area (Å²) < 4.78 is 48.2. The number of nitrogens with zero attached hydrogens (tertiary/aromatic N) is 3. The Balaban J connectivity index is 2.05. The largest absolute Gasteiger partial charge is 0.478 e. The molecule has 0 aliphatic carbocycles. The summed E-state index contributed by atoms with van der Waals surface area (Å²) in [4.78, 5) is 27.6. The van der Waals surface area contributed by atoms with Gasteiger partial charge in [0.1, 0.15) is 16.3 Å². The average molecular weight is 547 g/mol. The lowest BCUT2D eigenvalue weighted by atomic mass is 10.0. The summed E-state index contributed by atoms with van der Waals surface area (Å²) in [5, 5.41) is 12.5. The molecule has 3 aromatic rings. The molecule has 12 heteroatoms. The van der Waals surface area contributed by atoms with Gasteiger partial charge >= 0.3 is 12.1 Å². The summed E-state index contributed by atoms with van der Waals surface area (Å²) in [7, 11) is -0.965. The Morgan fingerprint density at radius 2 is 1.89 bits per heavy atom. The van der Waals surface area contributed by atoms with Gasteiger partial charge in [0.25, 0.3) is 0 Å². The van der Waals surface area contributed by atoms with Crippen molar-refractivity contribution in [3.8, 4) is 11.1 Å². The van der Waals surface area contributed by atoms with Gasteiger partial charge in [-0.2, -0.15) is 0 Å². The van der Waals surface area contributed by atoms with E-state index in [9.17, 15) is 27.5 Å². The molecule has 0 bridgehead atoms. The molecule has 2 heterocycles. The lowest BCUT2D eigenvalue weighted by Crippen LogP contribution is -2.32. The van der Waals surface area contributed by atoms with E-state index in [1.165, 1.54) is 50.8 Å². The van der Waals surface area contributed by atoms with E-state index in [1.54, 1.807) is 38.3 Å². The van der Waals surface area contributed by atoms with Crippen LogP contribution >= 0.6 is 0 Å². The predicted octanol–water partition coefficient (Wildman–Crippen LogP) is 4.34. The van der Waals surface area contributed by atoms with E-state index in [0.717, 1.165) is 4.31 Å². The van der Waals surface area contributed by atoms with Gasteiger partial charge in [-0.3, -0.25) is 4.98 Å². The Hall–Kier alpha value is -3.77. The van der Waals surface area contributed by atoms with Gasteiger partial charge in [-0.25, -0.2) is 26.7 Å². The van der Waals surface area contributed by atoms with Crippen molar-refractivity contribution in [1.82, 2.24) is 19.2 Å². The molecule has 0 atom stereocenters. The lowest BCUT2D eigenvalue weighted by molar-refractivity contribution is 0.0533. The van der Waals surface area contributed by atoms with Crippen molar-refractivity contribution in [2.45, 2.75) is 44.7 Å². The zero-order valence-electron chi connectivity index (χ0n) is 22.1. The zero-order chi connectivity index (χ0) is 28.4. The molecule has 204 valence electrons. The van der Waals surface area contributed by atoms with Gasteiger partial charge < -0.3 is 19.7 Å². The van der Waals surface area contributed by atoms with Crippen LogP contribution in [0.3, 0.4) is 0 Å². The number of fused-ring (bicyclic) bond motifs is 1. The number of carbonyl (C=O) groups is 2. The highest BCUT2D eigenvalue weighted by molar-refractivity contribution is 7.89. The third-order valence-corrected chi connectivity index (χ3v) is 7.41. The maximum absolute atomic E-state index is 15.0. The number of benzene rings is 1. The number of carboxylic acid groups (broad SMARTS) is 1. The standard InChI is InChI=1S/C26H31FN4O6S/c1-16-23(18-11-20(14-28-13-18)38(35,36)30(5)6)21-12-17(24(32)33)7-8-22(21)31(16)15-19(27)9-10-29-25(34)37-26(2,3)4/h7-9,11-14H,10,15H2,1-6H3,(H,29,34)(H,32,33)/b19-9-. The third kappa shape index (κ3) is 6.37. The molecule has 2 N–H and O–H groups in total. The van der Waals surface area contributed by atoms with E-state index >= 15 is 0 Å². The fraction of sp³-hybridized carbons (Fsp3) is 0.346. The van der Waals surface area contributed by atoms with E-state index in [2.05, 4.69) is 10.3 Å². The summed E-state index contributed by atoms with van der Waals surface area (Å²) in [6.07, 6.45) is 3.25. The van der Waals surface area contributed by atoms with E-state index in [0.29, 0.717) is 27.7 Å². The number of alkyl carbamates (subject to hydrolysis) is 1. The first kappa shape index (κ1) is 28.8. The van der Waals surface area contributed by atoms with E-state index < -0.39 is 33.5 Å². The minimum Gasteiger partial charge on any atom is -0.478 e. The molecule has 0 unspecified atom stereocenters. The number of halogens is 1. The van der Waals surface area contributed by atoms with Crippen molar-refractivity contribution in [3.63, 3.8) is 0 Å². The average Bonchev–Trinajstić information content (AvgIpc) is 3.08. The Labute approximate surface area is 220 Å². The summed E-state index contributed by atoms with van der Waals surface area (Å²) in [5.74, 6) is -1.68. The van der Waals surface area contributed by atoms with Crippen LogP contribution in [0, 0.1) is 6.92 Å². The van der Waals surface area contributed by atoms with Gasteiger partial charge in [-0.15, -0.1) is 0 Å². The number of aromatic carboxylic acids is 1. The molecule has 0 aliphatic rings. The quantitative estimate of drug-likeness (QED) is 0.430. The molecule has 0 saturated carbocycles. The topological polar surface area (TPSA) is 131 Å². The minimum absolute atomic E-state index is 0.0264. The Morgan fingerprint density at radius 3 is 2.50 bits per heavy atom. The molecule has 1 aromatic carbocycles. The SMILES string of the molecule is Cc1c(-c2cncc(S(=O)(=O)N(C)C)c2)c2cc(C(=O)O)ccc2n1C/C(F)=C/CNC(=O)OC(C)(C)C. The first-order valence-electron chi connectivity index (χ1n) is 11.7. The maximum Gasteiger partial charge on any atom is 0.407 e. The van der Waals surface area contributed by atoms with Crippen molar-refractivity contribution >= 4 is 33.0 Å². The number of aromatic nitrogens is 2. The molecular weight excluding hydrogens is 515 g/mol. The molecular formula is C26H31FN4O6S. The number of carbonyl (C=O) groups excluding carboxylic acids is 1. The van der Waals surface area contributed by atoms with Crippen molar-refractivity contribution in [3.05, 3.63) is 59.8 Å². The number of hydrogen-bond acceptors (Lipinski definition) is 6. The number of nitrogens with one attached hydrogen (secondary N) is 1. The normalized spacial score (nSPS) is 12.7. The molecule has 0 radical (unpaired) electrons. The fourth-order valence-corrected chi connectivity index (χ4v) is 4.76. The highest BCUT2D eigenvalue weighted by Crippen LogP contribution is 2.36. The van der Waals surface area contributed by atoms with Crippen molar-refractivity contribution in [2.75, 3.05) is 20.6 Å². The predicted molar refractivity (Wildman–Crippen MR) is 141 cm³/mol. The third-order valence-electron chi connectivity index (χ3n) is 5.63. The van der Waals surface area contributed by atoms with Gasteiger partial charge in [-0.1, -0.05) is 0 Å². The number of amides is 1. The van der Waals surface area contributed by atoms with Crippen LogP contribution in [0.4, 0.5) is 9.18 Å². The molecule has 1 amide bonds. The number of pyridine rings is 1. The number of sulfonamides is 1. The second-order valence-electron chi connectivity index (χ2n) is 9.81. The van der Waals surface area contributed by atoms with Crippen LogP contribution in [0.5, 0.6) is 0 Å². The Morgan fingerprint density at radius 1 is 1.21 bits per heavy atom. The highest BCUT2D eigenvalue weighted by Gasteiger charge is 2.22. The van der Waals surface area contributed by atoms with Crippen LogP contribution in [-0.2, 0) is 21.3 Å². The van der Waals surface area contributed by atoms with E-state index in [4.69, 9.17) is 4.74 Å². The van der Waals surface area contributed by atoms with Crippen molar-refractivity contribution in [1.29, 1.82) is 0 Å². The van der Waals surface area contributed by atoms with E-state index in [-0.39, 0.29) is 23.5 Å². The number of ether oxygens (including phenoxy) is 1. The summed E-state index contributed by atoms with van der Waals surface area (Å²) in [6, 6.07) is 5.92. The zero-order valence-corrected chi connectivity index (χ0v) is 22.9. The van der Waals surface area contributed by atoms with Crippen molar-refractivity contribution < 1.29 is 32.2 Å². The van der Waals surface area contributed by atoms with E-state index in [1.807, 2.05) is 0 Å². The molecule has 0 fully saturated rings. The summed E-state index contributed by atoms with van der Waals surface area (Å²) in [6.45, 7) is 6.60. The summed E-state index contributed by atoms with van der Waals surface area (Å²) in [5.41, 5.74) is 1.44. The molecule has 0 saturated heterocycles. The smallest absolute Gasteiger partial charge is 0.407 e. The fourth-order valence-electron chi connectivity index (χ4n) is 3.87. The number of allylic oxidation sites excluding steroid dienone is 1. The van der Waals surface area contributed by atoms with Gasteiger partial charge in [0.2, 0.25) is 10.0 Å².